The maximum absolute atomic E-state index is 5.67. The van der Waals surface area contributed by atoms with Crippen molar-refractivity contribution in [1.82, 2.24) is 0 Å². The van der Waals surface area contributed by atoms with Crippen LogP contribution in [-0.2, 0) is 14.2 Å². The van der Waals surface area contributed by atoms with Crippen LogP contribution in [-0.4, -0.2) is 32.2 Å². The first-order valence-electron chi connectivity index (χ1n) is 4.74. The number of ether oxygens (including phenoxy) is 3. The lowest BCUT2D eigenvalue weighted by Gasteiger charge is -2.33. The SMILES string of the molecule is CC(OCC(Br)(Br)Br)(OCC(Br)(Br)Br)OCC(Br)(Br)Br. The Hall–Kier alpha value is 4.20. The van der Waals surface area contributed by atoms with E-state index < -0.39 is 12.4 Å². The lowest BCUT2D eigenvalue weighted by atomic mass is 10.6. The molecule has 0 aromatic heterocycles. The van der Waals surface area contributed by atoms with Gasteiger partial charge in [0.1, 0.15) is 0 Å². The summed E-state index contributed by atoms with van der Waals surface area (Å²) in [5, 5.41) is 0. The molecule has 0 rings (SSSR count). The van der Waals surface area contributed by atoms with Crippen LogP contribution in [0.15, 0.2) is 0 Å². The molecule has 0 aromatic carbocycles. The molecule has 0 atom stereocenters. The van der Waals surface area contributed by atoms with Gasteiger partial charge >= 0.3 is 0 Å². The smallest absolute Gasteiger partial charge is 0.280 e. The number of hydrogen-bond acceptors (Lipinski definition) is 3. The fraction of sp³-hybridized carbons (Fsp3) is 1.00. The van der Waals surface area contributed by atoms with E-state index in [1.165, 1.54) is 0 Å². The molecule has 0 aliphatic heterocycles. The predicted molar refractivity (Wildman–Crippen MR) is 115 cm³/mol. The van der Waals surface area contributed by atoms with Gasteiger partial charge in [-0.05, 0) is 0 Å². The van der Waals surface area contributed by atoms with Gasteiger partial charge in [0, 0.05) is 6.92 Å². The third-order valence-electron chi connectivity index (χ3n) is 1.49. The van der Waals surface area contributed by atoms with E-state index in [1.54, 1.807) is 6.92 Å². The zero-order chi connectivity index (χ0) is 16.2. The molecular weight excluding hydrogens is 863 g/mol. The Balaban J connectivity index is 4.66. The Morgan fingerprint density at radius 2 is 0.750 bits per heavy atom. The van der Waals surface area contributed by atoms with Crippen LogP contribution in [0.3, 0.4) is 0 Å². The maximum atomic E-state index is 5.67. The number of halogens is 9. The molecular formula is C8H9Br9O3. The van der Waals surface area contributed by atoms with Gasteiger partial charge in [-0.3, -0.25) is 0 Å². The Labute approximate surface area is 193 Å². The average Bonchev–Trinajstić information content (AvgIpc) is 2.18. The first kappa shape index (κ1) is 24.2. The van der Waals surface area contributed by atoms with E-state index in [2.05, 4.69) is 143 Å². The van der Waals surface area contributed by atoms with Gasteiger partial charge in [0.15, 0.2) is 6.43 Å². The van der Waals surface area contributed by atoms with Crippen LogP contribution in [0.5, 0.6) is 0 Å². The summed E-state index contributed by atoms with van der Waals surface area (Å²) in [5.41, 5.74) is 0. The molecule has 0 fully saturated rings. The van der Waals surface area contributed by atoms with Crippen LogP contribution in [0.2, 0.25) is 0 Å². The van der Waals surface area contributed by atoms with E-state index in [0.29, 0.717) is 0 Å². The Kier molecular flexibility index (Phi) is 11.8. The predicted octanol–water partition coefficient (Wildman–Crippen LogP) is 7.23. The van der Waals surface area contributed by atoms with Crippen LogP contribution < -0.4 is 0 Å². The summed E-state index contributed by atoms with van der Waals surface area (Å²) in [6.07, 6.45) is 0. The third kappa shape index (κ3) is 15.7. The van der Waals surface area contributed by atoms with Gasteiger partial charge in [0.2, 0.25) is 0 Å². The average molecular weight is 872 g/mol. The first-order valence-corrected chi connectivity index (χ1v) is 11.9. The van der Waals surface area contributed by atoms with Gasteiger partial charge < -0.3 is 14.2 Å². The van der Waals surface area contributed by atoms with Gasteiger partial charge in [0.05, 0.1) is 19.8 Å². The largest absolute Gasteiger partial charge is 0.324 e. The van der Waals surface area contributed by atoms with Gasteiger partial charge in [0.25, 0.3) is 5.97 Å². The number of hydrogen-bond donors (Lipinski definition) is 0. The molecule has 0 amide bonds. The van der Waals surface area contributed by atoms with Crippen molar-refractivity contribution < 1.29 is 14.2 Å². The van der Waals surface area contributed by atoms with Crippen molar-refractivity contribution in [3.63, 3.8) is 0 Å². The first-order chi connectivity index (χ1) is 8.62. The molecule has 0 aromatic rings. The second-order valence-corrected chi connectivity index (χ2v) is 25.3. The second kappa shape index (κ2) is 9.78. The zero-order valence-electron chi connectivity index (χ0n) is 9.75. The molecule has 0 unspecified atom stereocenters. The highest BCUT2D eigenvalue weighted by atomic mass is 80.0. The molecule has 0 saturated carbocycles. The summed E-state index contributed by atoms with van der Waals surface area (Å²) in [7, 11) is 0. The van der Waals surface area contributed by atoms with Crippen LogP contribution >= 0.6 is 143 Å². The standard InChI is InChI=1S/C8H9Br9O3/c1-5(18-2-6(9,10)11,19-3-7(12,13)14)20-4-8(15,16)17/h2-4H2,1H3. The van der Waals surface area contributed by atoms with Crippen LogP contribution in [0.1, 0.15) is 6.92 Å². The Morgan fingerprint density at radius 3 is 0.900 bits per heavy atom. The minimum absolute atomic E-state index is 0.253. The quantitative estimate of drug-likeness (QED) is 0.209. The lowest BCUT2D eigenvalue weighted by molar-refractivity contribution is -0.366. The summed E-state index contributed by atoms with van der Waals surface area (Å²) >= 11 is 30.2. The molecule has 0 spiro atoms. The molecule has 0 aliphatic rings. The highest BCUT2D eigenvalue weighted by molar-refractivity contribution is 9.40. The van der Waals surface area contributed by atoms with E-state index in [4.69, 9.17) is 14.2 Å². The topological polar surface area (TPSA) is 27.7 Å². The maximum Gasteiger partial charge on any atom is 0.280 e. The summed E-state index contributed by atoms with van der Waals surface area (Å²) in [5.74, 6) is -1.25. The van der Waals surface area contributed by atoms with E-state index in [0.717, 1.165) is 0 Å². The van der Waals surface area contributed by atoms with E-state index in [1.807, 2.05) is 0 Å². The second-order valence-electron chi connectivity index (χ2n) is 3.57. The molecule has 0 radical (unpaired) electrons. The molecule has 12 heteroatoms. The molecule has 0 heterocycles. The van der Waals surface area contributed by atoms with E-state index in [-0.39, 0.29) is 19.8 Å². The summed E-state index contributed by atoms with van der Waals surface area (Å²) in [4.78, 5) is 0. The molecule has 0 N–H and O–H groups in total. The fourth-order valence-corrected chi connectivity index (χ4v) is 1.79. The minimum Gasteiger partial charge on any atom is -0.324 e. The Morgan fingerprint density at radius 1 is 0.550 bits per heavy atom. The molecule has 0 aliphatic carbocycles. The molecule has 0 bridgehead atoms. The van der Waals surface area contributed by atoms with Crippen molar-refractivity contribution in [2.24, 2.45) is 0 Å². The highest BCUT2D eigenvalue weighted by Gasteiger charge is 2.36. The molecule has 0 saturated heterocycles. The lowest BCUT2D eigenvalue weighted by Crippen LogP contribution is -2.41. The van der Waals surface area contributed by atoms with Crippen molar-refractivity contribution >= 4 is 143 Å². The summed E-state index contributed by atoms with van der Waals surface area (Å²) in [6, 6.07) is 0. The van der Waals surface area contributed by atoms with Gasteiger partial charge in [-0.25, -0.2) is 0 Å². The minimum atomic E-state index is -1.25. The van der Waals surface area contributed by atoms with Crippen molar-refractivity contribution in [1.29, 1.82) is 0 Å². The van der Waals surface area contributed by atoms with Crippen molar-refractivity contribution in [2.75, 3.05) is 19.8 Å². The molecule has 3 nitrogen and oxygen atoms in total. The Bertz CT molecular complexity index is 247. The number of alkyl halides is 9. The van der Waals surface area contributed by atoms with Crippen LogP contribution in [0, 0.1) is 0 Å². The fourth-order valence-electron chi connectivity index (χ4n) is 0.764. The van der Waals surface area contributed by atoms with Crippen molar-refractivity contribution in [2.45, 2.75) is 19.3 Å². The van der Waals surface area contributed by atoms with Crippen molar-refractivity contribution in [3.05, 3.63) is 0 Å². The van der Waals surface area contributed by atoms with E-state index >= 15 is 0 Å². The highest BCUT2D eigenvalue weighted by Crippen LogP contribution is 2.39. The van der Waals surface area contributed by atoms with Crippen LogP contribution in [0.25, 0.3) is 0 Å². The van der Waals surface area contributed by atoms with Crippen molar-refractivity contribution in [3.8, 4) is 0 Å². The molecule has 122 valence electrons. The molecule has 20 heavy (non-hydrogen) atoms. The van der Waals surface area contributed by atoms with Gasteiger partial charge in [-0.15, -0.1) is 0 Å². The van der Waals surface area contributed by atoms with E-state index in [9.17, 15) is 0 Å². The van der Waals surface area contributed by atoms with Gasteiger partial charge in [-0.1, -0.05) is 143 Å². The zero-order valence-corrected chi connectivity index (χ0v) is 24.0. The van der Waals surface area contributed by atoms with Crippen LogP contribution in [0.4, 0.5) is 0 Å². The summed E-state index contributed by atoms with van der Waals surface area (Å²) in [6.45, 7) is 2.44. The third-order valence-corrected chi connectivity index (χ3v) is 3.55. The number of rotatable bonds is 6. The summed E-state index contributed by atoms with van der Waals surface area (Å²) < 4.78 is 15.4. The normalized spacial score (nSPS) is 14.7. The van der Waals surface area contributed by atoms with Gasteiger partial charge in [-0.2, -0.15) is 0 Å². The monoisotopic (exact) mass is 863 g/mol.